The second kappa shape index (κ2) is 9.72. The molecule has 5 heteroatoms. The molecule has 1 heterocycles. The van der Waals surface area contributed by atoms with Crippen LogP contribution in [-0.2, 0) is 17.8 Å². The van der Waals surface area contributed by atoms with E-state index in [9.17, 15) is 10.1 Å². The lowest BCUT2D eigenvalue weighted by Gasteiger charge is -2.34. The van der Waals surface area contributed by atoms with Gasteiger partial charge in [-0.1, -0.05) is 55.5 Å². The van der Waals surface area contributed by atoms with E-state index in [0.717, 1.165) is 37.3 Å². The molecule has 1 fully saturated rings. The second-order valence-electron chi connectivity index (χ2n) is 6.88. The van der Waals surface area contributed by atoms with E-state index in [1.165, 1.54) is 11.8 Å². The molecular formula is C23H26N4O. The number of nitriles is 1. The maximum absolute atomic E-state index is 12.7. The van der Waals surface area contributed by atoms with Gasteiger partial charge in [0.2, 0.25) is 0 Å². The average molecular weight is 374 g/mol. The lowest BCUT2D eigenvalue weighted by atomic mass is 10.1. The number of nitrogens with one attached hydrogen (secondary N) is 1. The molecule has 0 saturated carbocycles. The van der Waals surface area contributed by atoms with Crippen molar-refractivity contribution in [1.82, 2.24) is 9.80 Å². The number of aryl methyl sites for hydroxylation is 1. The molecule has 1 aliphatic rings. The first-order valence-electron chi connectivity index (χ1n) is 9.71. The lowest BCUT2D eigenvalue weighted by molar-refractivity contribution is -0.128. The molecule has 1 amide bonds. The van der Waals surface area contributed by atoms with E-state index >= 15 is 0 Å². The molecule has 1 N–H and O–H groups in total. The highest BCUT2D eigenvalue weighted by atomic mass is 16.2. The van der Waals surface area contributed by atoms with E-state index in [1.807, 2.05) is 42.5 Å². The number of hydrogen-bond acceptors (Lipinski definition) is 4. The lowest BCUT2D eigenvalue weighted by Crippen LogP contribution is -2.48. The zero-order chi connectivity index (χ0) is 19.8. The van der Waals surface area contributed by atoms with Gasteiger partial charge in [0.25, 0.3) is 5.91 Å². The zero-order valence-electron chi connectivity index (χ0n) is 16.3. The van der Waals surface area contributed by atoms with E-state index < -0.39 is 0 Å². The number of hydrogen-bond donors (Lipinski definition) is 1. The molecule has 1 aliphatic heterocycles. The van der Waals surface area contributed by atoms with Crippen LogP contribution >= 0.6 is 0 Å². The number of para-hydroxylation sites is 1. The predicted octanol–water partition coefficient (Wildman–Crippen LogP) is 3.41. The fraction of sp³-hybridized carbons (Fsp3) is 0.304. The first-order chi connectivity index (χ1) is 13.7. The second-order valence-corrected chi connectivity index (χ2v) is 6.88. The highest BCUT2D eigenvalue weighted by Crippen LogP contribution is 2.16. The summed E-state index contributed by atoms with van der Waals surface area (Å²) in [6.45, 7) is 5.86. The Bertz CT molecular complexity index is 862. The normalized spacial score (nSPS) is 15.1. The Balaban J connectivity index is 1.57. The van der Waals surface area contributed by atoms with Gasteiger partial charge in [0.1, 0.15) is 11.6 Å². The van der Waals surface area contributed by atoms with E-state index in [4.69, 9.17) is 0 Å². The summed E-state index contributed by atoms with van der Waals surface area (Å²) in [7, 11) is 0. The van der Waals surface area contributed by atoms with E-state index in [0.29, 0.717) is 13.1 Å². The molecule has 28 heavy (non-hydrogen) atoms. The average Bonchev–Trinajstić information content (AvgIpc) is 2.75. The van der Waals surface area contributed by atoms with Gasteiger partial charge in [-0.2, -0.15) is 5.26 Å². The van der Waals surface area contributed by atoms with Crippen molar-refractivity contribution in [3.8, 4) is 6.07 Å². The summed E-state index contributed by atoms with van der Waals surface area (Å²) in [6.07, 6.45) is 2.42. The van der Waals surface area contributed by atoms with Gasteiger partial charge in [-0.15, -0.1) is 0 Å². The summed E-state index contributed by atoms with van der Waals surface area (Å²) in [5, 5.41) is 12.6. The third kappa shape index (κ3) is 4.99. The molecule has 144 valence electrons. The minimum Gasteiger partial charge on any atom is -0.360 e. The number of amides is 1. The summed E-state index contributed by atoms with van der Waals surface area (Å²) in [4.78, 5) is 16.9. The highest BCUT2D eigenvalue weighted by molar-refractivity contribution is 5.97. The summed E-state index contributed by atoms with van der Waals surface area (Å²) < 4.78 is 0. The Morgan fingerprint density at radius 1 is 1.07 bits per heavy atom. The number of piperazine rings is 1. The van der Waals surface area contributed by atoms with Crippen LogP contribution in [0.2, 0.25) is 0 Å². The maximum atomic E-state index is 12.7. The summed E-state index contributed by atoms with van der Waals surface area (Å²) in [6, 6.07) is 20.3. The molecule has 3 rings (SSSR count). The van der Waals surface area contributed by atoms with Crippen molar-refractivity contribution in [2.75, 3.05) is 31.5 Å². The molecule has 0 unspecified atom stereocenters. The Morgan fingerprint density at radius 3 is 2.43 bits per heavy atom. The Morgan fingerprint density at radius 2 is 1.75 bits per heavy atom. The molecular weight excluding hydrogens is 348 g/mol. The number of nitrogens with zero attached hydrogens (tertiary/aromatic N) is 3. The Hall–Kier alpha value is -3.10. The van der Waals surface area contributed by atoms with Crippen LogP contribution in [0, 0.1) is 11.3 Å². The van der Waals surface area contributed by atoms with Crippen LogP contribution in [0.5, 0.6) is 0 Å². The van der Waals surface area contributed by atoms with Gasteiger partial charge in [-0.05, 0) is 23.6 Å². The number of carbonyl (C=O) groups is 1. The SMILES string of the molecule is CCc1ccccc1N/C=C(/C#N)C(=O)N1CCN(Cc2ccccc2)CC1. The van der Waals surface area contributed by atoms with Crippen LogP contribution in [0.4, 0.5) is 5.69 Å². The monoisotopic (exact) mass is 374 g/mol. The van der Waals surface area contributed by atoms with Crippen molar-refractivity contribution in [2.24, 2.45) is 0 Å². The standard InChI is InChI=1S/C23H26N4O/c1-2-20-10-6-7-11-22(20)25-17-21(16-24)23(28)27-14-12-26(13-15-27)18-19-8-4-3-5-9-19/h3-11,17,25H,2,12-15,18H2,1H3/b21-17-. The minimum atomic E-state index is -0.205. The number of anilines is 1. The van der Waals surface area contributed by atoms with Crippen molar-refractivity contribution in [2.45, 2.75) is 19.9 Å². The van der Waals surface area contributed by atoms with Crippen LogP contribution in [-0.4, -0.2) is 41.9 Å². The molecule has 1 saturated heterocycles. The molecule has 0 aliphatic carbocycles. The third-order valence-corrected chi connectivity index (χ3v) is 5.03. The first-order valence-corrected chi connectivity index (χ1v) is 9.71. The van der Waals surface area contributed by atoms with Crippen LogP contribution < -0.4 is 5.32 Å². The number of benzene rings is 2. The van der Waals surface area contributed by atoms with Crippen LogP contribution in [0.15, 0.2) is 66.4 Å². The van der Waals surface area contributed by atoms with Crippen LogP contribution in [0.1, 0.15) is 18.1 Å². The van der Waals surface area contributed by atoms with Gasteiger partial charge < -0.3 is 10.2 Å². The highest BCUT2D eigenvalue weighted by Gasteiger charge is 2.23. The molecule has 2 aromatic rings. The fourth-order valence-corrected chi connectivity index (χ4v) is 3.38. The molecule has 2 aromatic carbocycles. The minimum absolute atomic E-state index is 0.141. The van der Waals surface area contributed by atoms with Crippen LogP contribution in [0.25, 0.3) is 0 Å². The van der Waals surface area contributed by atoms with Gasteiger partial charge >= 0.3 is 0 Å². The number of carbonyl (C=O) groups excluding carboxylic acids is 1. The molecule has 0 atom stereocenters. The molecule has 5 nitrogen and oxygen atoms in total. The predicted molar refractivity (Wildman–Crippen MR) is 111 cm³/mol. The fourth-order valence-electron chi connectivity index (χ4n) is 3.38. The van der Waals surface area contributed by atoms with Gasteiger partial charge in [0.05, 0.1) is 0 Å². The van der Waals surface area contributed by atoms with Gasteiger partial charge in [-0.3, -0.25) is 9.69 Å². The van der Waals surface area contributed by atoms with Gasteiger partial charge in [-0.25, -0.2) is 0 Å². The Kier molecular flexibility index (Phi) is 6.83. The Labute approximate surface area is 166 Å². The van der Waals surface area contributed by atoms with E-state index in [2.05, 4.69) is 35.3 Å². The number of rotatable bonds is 6. The maximum Gasteiger partial charge on any atom is 0.266 e. The van der Waals surface area contributed by atoms with Crippen molar-refractivity contribution in [3.63, 3.8) is 0 Å². The van der Waals surface area contributed by atoms with Crippen molar-refractivity contribution < 1.29 is 4.79 Å². The van der Waals surface area contributed by atoms with E-state index in [1.54, 1.807) is 4.90 Å². The molecule has 0 aromatic heterocycles. The first kappa shape index (κ1) is 19.7. The molecule has 0 bridgehead atoms. The summed E-state index contributed by atoms with van der Waals surface area (Å²) in [5.74, 6) is -0.205. The van der Waals surface area contributed by atoms with Gasteiger partial charge in [0.15, 0.2) is 0 Å². The smallest absolute Gasteiger partial charge is 0.266 e. The van der Waals surface area contributed by atoms with Gasteiger partial charge in [0, 0.05) is 44.6 Å². The van der Waals surface area contributed by atoms with Crippen LogP contribution in [0.3, 0.4) is 0 Å². The third-order valence-electron chi connectivity index (χ3n) is 5.03. The van der Waals surface area contributed by atoms with Crippen molar-refractivity contribution in [1.29, 1.82) is 5.26 Å². The van der Waals surface area contributed by atoms with E-state index in [-0.39, 0.29) is 11.5 Å². The summed E-state index contributed by atoms with van der Waals surface area (Å²) >= 11 is 0. The molecule has 0 radical (unpaired) electrons. The topological polar surface area (TPSA) is 59.4 Å². The van der Waals surface area contributed by atoms with Crippen molar-refractivity contribution in [3.05, 3.63) is 77.5 Å². The summed E-state index contributed by atoms with van der Waals surface area (Å²) in [5.41, 5.74) is 3.50. The zero-order valence-corrected chi connectivity index (χ0v) is 16.3. The largest absolute Gasteiger partial charge is 0.360 e. The molecule has 0 spiro atoms. The van der Waals surface area contributed by atoms with Crippen molar-refractivity contribution >= 4 is 11.6 Å². The quantitative estimate of drug-likeness (QED) is 0.622.